The van der Waals surface area contributed by atoms with E-state index in [1.807, 2.05) is 0 Å². The number of aliphatic carboxylic acids is 1. The van der Waals surface area contributed by atoms with Crippen molar-refractivity contribution in [1.29, 1.82) is 0 Å². The molecule has 4 nitrogen and oxygen atoms in total. The third-order valence-electron chi connectivity index (χ3n) is 1.69. The third-order valence-corrected chi connectivity index (χ3v) is 2.21. The molecule has 0 fully saturated rings. The second-order valence-corrected chi connectivity index (χ2v) is 3.77. The van der Waals surface area contributed by atoms with Crippen molar-refractivity contribution in [2.75, 3.05) is 13.7 Å². The largest absolute Gasteiger partial charge is 0.478 e. The van der Waals surface area contributed by atoms with Gasteiger partial charge in [0, 0.05) is 11.6 Å². The van der Waals surface area contributed by atoms with Crippen molar-refractivity contribution in [3.05, 3.63) is 28.7 Å². The van der Waals surface area contributed by atoms with Crippen molar-refractivity contribution in [3.8, 4) is 5.75 Å². The Balaban J connectivity index is 2.65. The predicted octanol–water partition coefficient (Wildman–Crippen LogP) is 1.93. The fraction of sp³-hybridized carbons (Fsp3) is 0.300. The Morgan fingerprint density at radius 3 is 2.53 bits per heavy atom. The number of carboxylic acid groups (broad SMARTS) is 1. The molecule has 1 aromatic carbocycles. The predicted molar refractivity (Wildman–Crippen MR) is 58.1 cm³/mol. The number of carbonyl (C=O) groups is 1. The van der Waals surface area contributed by atoms with Crippen molar-refractivity contribution in [3.63, 3.8) is 0 Å². The number of hydrogen-bond donors (Lipinski definition) is 1. The highest BCUT2D eigenvalue weighted by Crippen LogP contribution is 2.17. The number of rotatable bonds is 5. The summed E-state index contributed by atoms with van der Waals surface area (Å²) in [5, 5.41) is 8.81. The Morgan fingerprint density at radius 2 is 2.07 bits per heavy atom. The first-order chi connectivity index (χ1) is 7.13. The maximum absolute atomic E-state index is 10.7. The van der Waals surface area contributed by atoms with Crippen molar-refractivity contribution < 1.29 is 19.4 Å². The van der Waals surface area contributed by atoms with Crippen molar-refractivity contribution >= 4 is 21.9 Å². The Labute approximate surface area is 95.9 Å². The summed E-state index contributed by atoms with van der Waals surface area (Å²) >= 11 is 3.27. The molecule has 0 aliphatic heterocycles. The second-order valence-electron chi connectivity index (χ2n) is 2.85. The Kier molecular flexibility index (Phi) is 4.58. The number of carboxylic acids is 1. The van der Waals surface area contributed by atoms with E-state index in [0.717, 1.165) is 4.47 Å². The van der Waals surface area contributed by atoms with Gasteiger partial charge in [-0.1, -0.05) is 15.9 Å². The number of halogens is 1. The van der Waals surface area contributed by atoms with E-state index >= 15 is 0 Å². The van der Waals surface area contributed by atoms with E-state index in [9.17, 15) is 4.79 Å². The molecule has 1 rings (SSSR count). The number of methoxy groups -OCH3 is 1. The molecule has 1 atom stereocenters. The molecular formula is C10H11BrO4. The summed E-state index contributed by atoms with van der Waals surface area (Å²) in [5.41, 5.74) is 0. The van der Waals surface area contributed by atoms with Gasteiger partial charge in [0.1, 0.15) is 5.75 Å². The van der Waals surface area contributed by atoms with Crippen LogP contribution in [0, 0.1) is 0 Å². The normalized spacial score (nSPS) is 12.1. The standard InChI is InChI=1S/C10H11BrO4/c1-14-6-9(10(12)13)15-8-4-2-7(11)3-5-8/h2-5,9H,6H2,1H3,(H,12,13). The molecule has 0 bridgehead atoms. The monoisotopic (exact) mass is 274 g/mol. The van der Waals surface area contributed by atoms with E-state index < -0.39 is 12.1 Å². The van der Waals surface area contributed by atoms with Crippen molar-refractivity contribution in [1.82, 2.24) is 0 Å². The molecule has 1 unspecified atom stereocenters. The van der Waals surface area contributed by atoms with Crippen molar-refractivity contribution in [2.24, 2.45) is 0 Å². The molecule has 0 radical (unpaired) electrons. The van der Waals surface area contributed by atoms with Gasteiger partial charge in [-0.25, -0.2) is 4.79 Å². The van der Waals surface area contributed by atoms with E-state index in [1.165, 1.54) is 7.11 Å². The molecule has 15 heavy (non-hydrogen) atoms. The molecule has 0 aromatic heterocycles. The first-order valence-corrected chi connectivity index (χ1v) is 5.06. The average Bonchev–Trinajstić information content (AvgIpc) is 2.20. The van der Waals surface area contributed by atoms with Gasteiger partial charge in [-0.2, -0.15) is 0 Å². The minimum Gasteiger partial charge on any atom is -0.478 e. The molecule has 0 aliphatic rings. The summed E-state index contributed by atoms with van der Waals surface area (Å²) in [6, 6.07) is 6.94. The molecule has 0 heterocycles. The smallest absolute Gasteiger partial charge is 0.347 e. The van der Waals surface area contributed by atoms with Crippen LogP contribution in [0.25, 0.3) is 0 Å². The lowest BCUT2D eigenvalue weighted by Crippen LogP contribution is -2.31. The van der Waals surface area contributed by atoms with E-state index in [4.69, 9.17) is 14.6 Å². The summed E-state index contributed by atoms with van der Waals surface area (Å²) in [6.45, 7) is 0.0192. The molecule has 1 aromatic rings. The van der Waals surface area contributed by atoms with E-state index in [0.29, 0.717) is 5.75 Å². The molecule has 0 saturated carbocycles. The van der Waals surface area contributed by atoms with Crippen LogP contribution in [-0.2, 0) is 9.53 Å². The zero-order chi connectivity index (χ0) is 11.3. The minimum atomic E-state index is -1.04. The number of benzene rings is 1. The lowest BCUT2D eigenvalue weighted by Gasteiger charge is -2.13. The zero-order valence-corrected chi connectivity index (χ0v) is 9.73. The highest BCUT2D eigenvalue weighted by Gasteiger charge is 2.18. The van der Waals surface area contributed by atoms with Crippen LogP contribution in [-0.4, -0.2) is 30.9 Å². The van der Waals surface area contributed by atoms with Crippen LogP contribution in [0.1, 0.15) is 0 Å². The fourth-order valence-electron chi connectivity index (χ4n) is 0.985. The number of ether oxygens (including phenoxy) is 2. The van der Waals surface area contributed by atoms with Gasteiger partial charge in [-0.15, -0.1) is 0 Å². The fourth-order valence-corrected chi connectivity index (χ4v) is 1.25. The van der Waals surface area contributed by atoms with Crippen molar-refractivity contribution in [2.45, 2.75) is 6.10 Å². The Hall–Kier alpha value is -1.07. The van der Waals surface area contributed by atoms with E-state index in [2.05, 4.69) is 15.9 Å². The summed E-state index contributed by atoms with van der Waals surface area (Å²) < 4.78 is 10.9. The molecular weight excluding hydrogens is 264 g/mol. The maximum Gasteiger partial charge on any atom is 0.347 e. The molecule has 0 amide bonds. The van der Waals surface area contributed by atoms with Crippen LogP contribution >= 0.6 is 15.9 Å². The first-order valence-electron chi connectivity index (χ1n) is 4.27. The molecule has 0 aliphatic carbocycles. The minimum absolute atomic E-state index is 0.0192. The highest BCUT2D eigenvalue weighted by molar-refractivity contribution is 9.10. The van der Waals surface area contributed by atoms with Gasteiger partial charge in [0.2, 0.25) is 6.10 Å². The Morgan fingerprint density at radius 1 is 1.47 bits per heavy atom. The molecule has 5 heteroatoms. The van der Waals surface area contributed by atoms with Gasteiger partial charge in [-0.05, 0) is 24.3 Å². The maximum atomic E-state index is 10.7. The lowest BCUT2D eigenvalue weighted by molar-refractivity contribution is -0.147. The average molecular weight is 275 g/mol. The van der Waals surface area contributed by atoms with E-state index in [1.54, 1.807) is 24.3 Å². The van der Waals surface area contributed by atoms with Crippen LogP contribution in [0.5, 0.6) is 5.75 Å². The first kappa shape index (κ1) is 12.0. The van der Waals surface area contributed by atoms with Gasteiger partial charge in [0.25, 0.3) is 0 Å². The molecule has 0 spiro atoms. The van der Waals surface area contributed by atoms with Crippen LogP contribution in [0.3, 0.4) is 0 Å². The van der Waals surface area contributed by atoms with Gasteiger partial charge in [0.15, 0.2) is 0 Å². The van der Waals surface area contributed by atoms with Gasteiger partial charge >= 0.3 is 5.97 Å². The third kappa shape index (κ3) is 3.89. The summed E-state index contributed by atoms with van der Waals surface area (Å²) in [7, 11) is 1.43. The van der Waals surface area contributed by atoms with Crippen LogP contribution in [0.4, 0.5) is 0 Å². The van der Waals surface area contributed by atoms with E-state index in [-0.39, 0.29) is 6.61 Å². The van der Waals surface area contributed by atoms with Crippen LogP contribution in [0.15, 0.2) is 28.7 Å². The van der Waals surface area contributed by atoms with Gasteiger partial charge < -0.3 is 14.6 Å². The quantitative estimate of drug-likeness (QED) is 0.892. The van der Waals surface area contributed by atoms with Crippen LogP contribution in [0.2, 0.25) is 0 Å². The Bertz CT molecular complexity index is 323. The zero-order valence-electron chi connectivity index (χ0n) is 8.14. The highest BCUT2D eigenvalue weighted by atomic mass is 79.9. The van der Waals surface area contributed by atoms with Crippen LogP contribution < -0.4 is 4.74 Å². The summed E-state index contributed by atoms with van der Waals surface area (Å²) in [5.74, 6) is -0.539. The number of hydrogen-bond acceptors (Lipinski definition) is 3. The topological polar surface area (TPSA) is 55.8 Å². The van der Waals surface area contributed by atoms with Gasteiger partial charge in [-0.3, -0.25) is 0 Å². The SMILES string of the molecule is COCC(Oc1ccc(Br)cc1)C(=O)O. The lowest BCUT2D eigenvalue weighted by atomic mass is 10.3. The summed E-state index contributed by atoms with van der Waals surface area (Å²) in [6.07, 6.45) is -0.976. The second kappa shape index (κ2) is 5.72. The summed E-state index contributed by atoms with van der Waals surface area (Å²) in [4.78, 5) is 10.7. The molecule has 1 N–H and O–H groups in total. The molecule has 0 saturated heterocycles. The van der Waals surface area contributed by atoms with Gasteiger partial charge in [0.05, 0.1) is 6.61 Å². The molecule has 82 valence electrons.